The van der Waals surface area contributed by atoms with Crippen LogP contribution >= 0.6 is 11.3 Å². The van der Waals surface area contributed by atoms with Gasteiger partial charge in [-0.25, -0.2) is 4.98 Å². The van der Waals surface area contributed by atoms with E-state index in [1.807, 2.05) is 18.7 Å². The van der Waals surface area contributed by atoms with Gasteiger partial charge in [0.25, 0.3) is 0 Å². The average molecular weight is 240 g/mol. The number of hydrogen-bond donors (Lipinski definition) is 1. The molecular formula is C12H20N2OS. The molecule has 2 rings (SSSR count). The van der Waals surface area contributed by atoms with Gasteiger partial charge in [-0.05, 0) is 19.8 Å². The fourth-order valence-electron chi connectivity index (χ4n) is 2.41. The lowest BCUT2D eigenvalue weighted by Crippen LogP contribution is -2.44. The van der Waals surface area contributed by atoms with E-state index in [4.69, 9.17) is 4.74 Å². The Balaban J connectivity index is 1.92. The van der Waals surface area contributed by atoms with Crippen LogP contribution in [0.3, 0.4) is 0 Å². The van der Waals surface area contributed by atoms with Gasteiger partial charge in [0.05, 0.1) is 12.1 Å². The van der Waals surface area contributed by atoms with Crippen LogP contribution in [0, 0.1) is 0 Å². The maximum Gasteiger partial charge on any atom is 0.109 e. The van der Waals surface area contributed by atoms with Crippen LogP contribution in [-0.4, -0.2) is 24.2 Å². The summed E-state index contributed by atoms with van der Waals surface area (Å²) in [4.78, 5) is 4.35. The lowest BCUT2D eigenvalue weighted by Gasteiger charge is -2.32. The summed E-state index contributed by atoms with van der Waals surface area (Å²) in [6, 6.07) is 0.818. The van der Waals surface area contributed by atoms with Gasteiger partial charge < -0.3 is 10.1 Å². The van der Waals surface area contributed by atoms with Crippen molar-refractivity contribution in [2.45, 2.75) is 50.8 Å². The molecule has 90 valence electrons. The van der Waals surface area contributed by atoms with Gasteiger partial charge in [0.15, 0.2) is 0 Å². The summed E-state index contributed by atoms with van der Waals surface area (Å²) >= 11 is 1.71. The van der Waals surface area contributed by atoms with Crippen molar-refractivity contribution in [1.29, 1.82) is 0 Å². The minimum absolute atomic E-state index is 0.334. The van der Waals surface area contributed by atoms with E-state index in [1.165, 1.54) is 30.7 Å². The van der Waals surface area contributed by atoms with E-state index < -0.39 is 0 Å². The number of thiazole rings is 1. The third-order valence-corrected chi connectivity index (χ3v) is 4.25. The third kappa shape index (κ3) is 2.81. The molecule has 3 nitrogen and oxygen atoms in total. The zero-order chi connectivity index (χ0) is 11.4. The summed E-state index contributed by atoms with van der Waals surface area (Å²) < 4.78 is 5.54. The van der Waals surface area contributed by atoms with Gasteiger partial charge in [-0.1, -0.05) is 12.8 Å². The van der Waals surface area contributed by atoms with E-state index in [2.05, 4.69) is 17.2 Å². The predicted molar refractivity (Wildman–Crippen MR) is 66.7 cm³/mol. The van der Waals surface area contributed by atoms with Crippen molar-refractivity contribution >= 4 is 11.3 Å². The van der Waals surface area contributed by atoms with Crippen molar-refractivity contribution in [1.82, 2.24) is 10.3 Å². The molecule has 0 spiro atoms. The van der Waals surface area contributed by atoms with E-state index in [0.29, 0.717) is 18.2 Å². The maximum absolute atomic E-state index is 5.54. The first-order chi connectivity index (χ1) is 7.81. The fraction of sp³-hybridized carbons (Fsp3) is 0.750. The second-order valence-electron chi connectivity index (χ2n) is 4.42. The molecule has 1 aliphatic carbocycles. The Hall–Kier alpha value is -0.450. The lowest BCUT2D eigenvalue weighted by molar-refractivity contribution is 0.0384. The molecule has 3 unspecified atom stereocenters. The summed E-state index contributed by atoms with van der Waals surface area (Å²) in [5, 5.41) is 6.84. The molecular weight excluding hydrogens is 220 g/mol. The summed E-state index contributed by atoms with van der Waals surface area (Å²) in [6.07, 6.45) is 7.24. The number of ether oxygens (including phenoxy) is 1. The minimum Gasteiger partial charge on any atom is -0.380 e. The largest absolute Gasteiger partial charge is 0.380 e. The molecule has 1 fully saturated rings. The van der Waals surface area contributed by atoms with Crippen molar-refractivity contribution in [3.8, 4) is 0 Å². The van der Waals surface area contributed by atoms with Gasteiger partial charge in [0, 0.05) is 24.7 Å². The van der Waals surface area contributed by atoms with Gasteiger partial charge in [-0.2, -0.15) is 0 Å². The molecule has 4 heteroatoms. The van der Waals surface area contributed by atoms with E-state index in [-0.39, 0.29) is 0 Å². The predicted octanol–water partition coefficient (Wildman–Crippen LogP) is 2.75. The molecule has 0 amide bonds. The van der Waals surface area contributed by atoms with Crippen LogP contribution in [-0.2, 0) is 4.74 Å². The second-order valence-corrected chi connectivity index (χ2v) is 5.35. The number of hydrogen-bond acceptors (Lipinski definition) is 4. The summed E-state index contributed by atoms with van der Waals surface area (Å²) in [6.45, 7) is 2.18. The topological polar surface area (TPSA) is 34.1 Å². The van der Waals surface area contributed by atoms with Crippen LogP contribution in [0.5, 0.6) is 0 Å². The Labute approximate surface area is 101 Å². The minimum atomic E-state index is 0.334. The van der Waals surface area contributed by atoms with E-state index in [1.54, 1.807) is 11.3 Å². The van der Waals surface area contributed by atoms with Crippen molar-refractivity contribution in [3.63, 3.8) is 0 Å². The van der Waals surface area contributed by atoms with Crippen LogP contribution in [0.4, 0.5) is 0 Å². The number of nitrogens with one attached hydrogen (secondary N) is 1. The highest BCUT2D eigenvalue weighted by molar-refractivity contribution is 7.09. The third-order valence-electron chi connectivity index (χ3n) is 3.29. The first-order valence-electron chi connectivity index (χ1n) is 5.99. The monoisotopic (exact) mass is 240 g/mol. The molecule has 3 atom stereocenters. The molecule has 1 N–H and O–H groups in total. The molecule has 1 aromatic rings. The molecule has 1 aliphatic rings. The van der Waals surface area contributed by atoms with E-state index in [0.717, 1.165) is 0 Å². The molecule has 0 saturated heterocycles. The maximum atomic E-state index is 5.54. The number of methoxy groups -OCH3 is 1. The standard InChI is InChI=1S/C12H20N2OS/c1-9(12-13-7-8-16-12)14-10-5-3-4-6-11(10)15-2/h7-11,14H,3-6H2,1-2H3. The van der Waals surface area contributed by atoms with Gasteiger partial charge in [0.2, 0.25) is 0 Å². The number of aromatic nitrogens is 1. The Morgan fingerprint density at radius 3 is 3.00 bits per heavy atom. The fourth-order valence-corrected chi connectivity index (χ4v) is 3.07. The summed E-state index contributed by atoms with van der Waals surface area (Å²) in [5.74, 6) is 0. The zero-order valence-corrected chi connectivity index (χ0v) is 10.8. The van der Waals surface area contributed by atoms with Gasteiger partial charge in [-0.15, -0.1) is 11.3 Å². The van der Waals surface area contributed by atoms with Gasteiger partial charge in [0.1, 0.15) is 5.01 Å². The molecule has 0 radical (unpaired) electrons. The summed E-state index contributed by atoms with van der Waals surface area (Å²) in [5.41, 5.74) is 0. The molecule has 1 aromatic heterocycles. The zero-order valence-electron chi connectivity index (χ0n) is 9.98. The Morgan fingerprint density at radius 2 is 2.31 bits per heavy atom. The van der Waals surface area contributed by atoms with Gasteiger partial charge >= 0.3 is 0 Å². The van der Waals surface area contributed by atoms with Crippen molar-refractivity contribution in [3.05, 3.63) is 16.6 Å². The molecule has 0 aliphatic heterocycles. The quantitative estimate of drug-likeness (QED) is 0.878. The van der Waals surface area contributed by atoms with Crippen molar-refractivity contribution < 1.29 is 4.74 Å². The SMILES string of the molecule is COC1CCCCC1NC(C)c1nccs1. The first-order valence-corrected chi connectivity index (χ1v) is 6.87. The smallest absolute Gasteiger partial charge is 0.109 e. The number of rotatable bonds is 4. The molecule has 16 heavy (non-hydrogen) atoms. The Morgan fingerprint density at radius 1 is 1.50 bits per heavy atom. The highest BCUT2D eigenvalue weighted by Crippen LogP contribution is 2.24. The van der Waals surface area contributed by atoms with Crippen molar-refractivity contribution in [2.24, 2.45) is 0 Å². The lowest BCUT2D eigenvalue weighted by atomic mass is 9.92. The normalized spacial score (nSPS) is 27.9. The van der Waals surface area contributed by atoms with Crippen LogP contribution in [0.1, 0.15) is 43.7 Å². The van der Waals surface area contributed by atoms with Crippen molar-refractivity contribution in [2.75, 3.05) is 7.11 Å². The number of nitrogens with zero attached hydrogens (tertiary/aromatic N) is 1. The summed E-state index contributed by atoms with van der Waals surface area (Å²) in [7, 11) is 1.82. The van der Waals surface area contributed by atoms with Crippen LogP contribution in [0.25, 0.3) is 0 Å². The van der Waals surface area contributed by atoms with Crippen LogP contribution < -0.4 is 5.32 Å². The Kier molecular flexibility index (Phi) is 4.32. The van der Waals surface area contributed by atoms with E-state index in [9.17, 15) is 0 Å². The van der Waals surface area contributed by atoms with Crippen LogP contribution in [0.15, 0.2) is 11.6 Å². The Bertz CT molecular complexity index is 302. The molecule has 1 heterocycles. The first kappa shape index (κ1) is 12.0. The molecule has 0 bridgehead atoms. The second kappa shape index (κ2) is 5.75. The molecule has 1 saturated carbocycles. The van der Waals surface area contributed by atoms with Crippen LogP contribution in [0.2, 0.25) is 0 Å². The van der Waals surface area contributed by atoms with Gasteiger partial charge in [-0.3, -0.25) is 0 Å². The highest BCUT2D eigenvalue weighted by atomic mass is 32.1. The molecule has 0 aromatic carbocycles. The highest BCUT2D eigenvalue weighted by Gasteiger charge is 2.26. The van der Waals surface area contributed by atoms with E-state index >= 15 is 0 Å². The average Bonchev–Trinajstić information content (AvgIpc) is 2.83.